The van der Waals surface area contributed by atoms with Crippen LogP contribution in [0.5, 0.6) is 0 Å². The third-order valence-corrected chi connectivity index (χ3v) is 2.81. The van der Waals surface area contributed by atoms with Crippen LogP contribution in [0.3, 0.4) is 0 Å². The second-order valence-corrected chi connectivity index (χ2v) is 4.29. The molecule has 1 aromatic carbocycles. The van der Waals surface area contributed by atoms with Crippen LogP contribution >= 0.6 is 0 Å². The first-order chi connectivity index (χ1) is 9.24. The zero-order valence-electron chi connectivity index (χ0n) is 11.2. The average molecular weight is 331 g/mol. The van der Waals surface area contributed by atoms with Crippen LogP contribution in [0.1, 0.15) is 5.56 Å². The third kappa shape index (κ3) is 3.70. The number of pyridine rings is 1. The van der Waals surface area contributed by atoms with Gasteiger partial charge < -0.3 is 17.0 Å². The zero-order chi connectivity index (χ0) is 13.7. The van der Waals surface area contributed by atoms with Crippen LogP contribution < -0.4 is 21.5 Å². The van der Waals surface area contributed by atoms with E-state index in [0.717, 1.165) is 23.2 Å². The lowest BCUT2D eigenvalue weighted by molar-refractivity contribution is -0.686. The van der Waals surface area contributed by atoms with Gasteiger partial charge in [0.15, 0.2) is 18.9 Å². The molecule has 0 amide bonds. The molecule has 0 radical (unpaired) electrons. The quantitative estimate of drug-likeness (QED) is 0.265. The molecule has 2 aromatic rings. The molecule has 0 aliphatic carbocycles. The molecule has 5 heteroatoms. The monoisotopic (exact) mass is 330 g/mol. The van der Waals surface area contributed by atoms with Gasteiger partial charge >= 0.3 is 0 Å². The third-order valence-electron chi connectivity index (χ3n) is 2.81. The first kappa shape index (κ1) is 16.0. The molecule has 102 valence electrons. The van der Waals surface area contributed by atoms with E-state index in [1.165, 1.54) is 0 Å². The molecular weight excluding hydrogens is 316 g/mol. The van der Waals surface area contributed by atoms with Crippen LogP contribution in [0.2, 0.25) is 0 Å². The highest BCUT2D eigenvalue weighted by atomic mass is 79.9. The van der Waals surface area contributed by atoms with E-state index in [2.05, 4.69) is 16.6 Å². The van der Waals surface area contributed by atoms with Gasteiger partial charge in [0.1, 0.15) is 0 Å². The second kappa shape index (κ2) is 7.48. The summed E-state index contributed by atoms with van der Waals surface area (Å²) in [6.07, 6.45) is 5.84. The van der Waals surface area contributed by atoms with Crippen molar-refractivity contribution in [1.29, 1.82) is 0 Å². The molecule has 0 saturated carbocycles. The predicted octanol–water partition coefficient (Wildman–Crippen LogP) is 1.08. The molecule has 1 aromatic heterocycles. The van der Waals surface area contributed by atoms with Crippen molar-refractivity contribution in [3.63, 3.8) is 0 Å². The Kier molecular flexibility index (Phi) is 5.97. The van der Waals surface area contributed by atoms with Gasteiger partial charge in [-0.3, -0.25) is 0 Å². The maximum absolute atomic E-state index is 8.64. The minimum Gasteiger partial charge on any atom is -1.00 e. The van der Waals surface area contributed by atoms with Gasteiger partial charge in [0.25, 0.3) is 0 Å². The van der Waals surface area contributed by atoms with Crippen LogP contribution in [-0.4, -0.2) is 0 Å². The summed E-state index contributed by atoms with van der Waals surface area (Å²) in [6, 6.07) is 9.78. The van der Waals surface area contributed by atoms with E-state index in [4.69, 9.17) is 5.53 Å². The van der Waals surface area contributed by atoms with Crippen molar-refractivity contribution in [2.75, 3.05) is 0 Å². The van der Waals surface area contributed by atoms with E-state index in [-0.39, 0.29) is 17.0 Å². The summed E-state index contributed by atoms with van der Waals surface area (Å²) < 4.78 is 2.03. The van der Waals surface area contributed by atoms with Crippen molar-refractivity contribution in [1.82, 2.24) is 0 Å². The van der Waals surface area contributed by atoms with Crippen LogP contribution in [0, 0.1) is 6.92 Å². The van der Waals surface area contributed by atoms with Crippen molar-refractivity contribution < 1.29 is 21.5 Å². The minimum absolute atomic E-state index is 0. The fourth-order valence-electron chi connectivity index (χ4n) is 1.96. The van der Waals surface area contributed by atoms with Crippen molar-refractivity contribution >= 4 is 5.69 Å². The molecule has 20 heavy (non-hydrogen) atoms. The van der Waals surface area contributed by atoms with E-state index in [1.54, 1.807) is 0 Å². The Balaban J connectivity index is 0.00000200. The molecule has 1 heterocycles. The van der Waals surface area contributed by atoms with E-state index in [0.29, 0.717) is 5.69 Å². The molecular formula is C15H15BrN4. The Bertz CT molecular complexity index is 661. The summed E-state index contributed by atoms with van der Waals surface area (Å²) in [5, 5.41) is 3.75. The minimum atomic E-state index is 0. The number of hydrogen-bond donors (Lipinski definition) is 0. The maximum atomic E-state index is 8.64. The second-order valence-electron chi connectivity index (χ2n) is 4.29. The number of aromatic nitrogens is 1. The fourth-order valence-corrected chi connectivity index (χ4v) is 1.96. The van der Waals surface area contributed by atoms with Crippen LogP contribution in [0.15, 0.2) is 60.5 Å². The molecule has 0 saturated heterocycles. The molecule has 0 fully saturated rings. The first-order valence-electron chi connectivity index (χ1n) is 6.00. The average Bonchev–Trinajstić information content (AvgIpc) is 2.42. The van der Waals surface area contributed by atoms with Crippen LogP contribution in [0.4, 0.5) is 5.69 Å². The van der Waals surface area contributed by atoms with E-state index in [9.17, 15) is 0 Å². The zero-order valence-corrected chi connectivity index (χ0v) is 12.8. The highest BCUT2D eigenvalue weighted by Crippen LogP contribution is 2.30. The predicted molar refractivity (Wildman–Crippen MR) is 75.8 cm³/mol. The van der Waals surface area contributed by atoms with E-state index in [1.807, 2.05) is 60.3 Å². The van der Waals surface area contributed by atoms with Gasteiger partial charge in [-0.05, 0) is 30.2 Å². The standard InChI is InChI=1S/C15H15N4.BrH/c1-3-8-19-9-4-5-13(11-19)14-10-12(2)6-7-15(14)17-18-16;/h3-7,9-11H,1,8H2,2H3;1H/q+1;/p-1. The summed E-state index contributed by atoms with van der Waals surface area (Å²) >= 11 is 0. The Labute approximate surface area is 128 Å². The van der Waals surface area contributed by atoms with Gasteiger partial charge in [0.2, 0.25) is 0 Å². The van der Waals surface area contributed by atoms with Crippen LogP contribution in [-0.2, 0) is 6.54 Å². The molecule has 0 aliphatic rings. The van der Waals surface area contributed by atoms with Crippen molar-refractivity contribution in [3.8, 4) is 11.1 Å². The molecule has 0 atom stereocenters. The molecule has 0 spiro atoms. The lowest BCUT2D eigenvalue weighted by Crippen LogP contribution is -3.00. The smallest absolute Gasteiger partial charge is 0.176 e. The van der Waals surface area contributed by atoms with Gasteiger partial charge in [-0.2, -0.15) is 0 Å². The number of benzene rings is 1. The Hall–Kier alpha value is -2.10. The largest absolute Gasteiger partial charge is 1.00 e. The summed E-state index contributed by atoms with van der Waals surface area (Å²) in [6.45, 7) is 6.50. The Morgan fingerprint density at radius 3 is 2.90 bits per heavy atom. The van der Waals surface area contributed by atoms with E-state index < -0.39 is 0 Å². The van der Waals surface area contributed by atoms with E-state index >= 15 is 0 Å². The van der Waals surface area contributed by atoms with Crippen molar-refractivity contribution in [2.45, 2.75) is 13.5 Å². The number of azide groups is 1. The lowest BCUT2D eigenvalue weighted by Gasteiger charge is -2.05. The SMILES string of the molecule is C=CC[n+]1cccc(-c2cc(C)ccc2N=[N+]=[N-])c1.[Br-]. The van der Waals surface area contributed by atoms with Gasteiger partial charge in [0, 0.05) is 22.2 Å². The Morgan fingerprint density at radius 1 is 1.40 bits per heavy atom. The number of rotatable bonds is 4. The Morgan fingerprint density at radius 2 is 2.20 bits per heavy atom. The highest BCUT2D eigenvalue weighted by Gasteiger charge is 2.08. The summed E-state index contributed by atoms with van der Waals surface area (Å²) in [4.78, 5) is 2.88. The first-order valence-corrected chi connectivity index (χ1v) is 6.00. The topological polar surface area (TPSA) is 52.6 Å². The number of hydrogen-bond acceptors (Lipinski definition) is 1. The molecule has 2 rings (SSSR count). The number of allylic oxidation sites excluding steroid dienone is 1. The van der Waals surface area contributed by atoms with Gasteiger partial charge in [-0.1, -0.05) is 35.5 Å². The number of halogens is 1. The summed E-state index contributed by atoms with van der Waals surface area (Å²) in [7, 11) is 0. The fraction of sp³-hybridized carbons (Fsp3) is 0.133. The molecule has 0 aliphatic heterocycles. The molecule has 0 unspecified atom stereocenters. The van der Waals surface area contributed by atoms with Gasteiger partial charge in [0.05, 0.1) is 0 Å². The van der Waals surface area contributed by atoms with Gasteiger partial charge in [-0.25, -0.2) is 4.57 Å². The molecule has 0 N–H and O–H groups in total. The lowest BCUT2D eigenvalue weighted by atomic mass is 10.0. The number of nitrogens with zero attached hydrogens (tertiary/aromatic N) is 4. The summed E-state index contributed by atoms with van der Waals surface area (Å²) in [5.41, 5.74) is 12.4. The summed E-state index contributed by atoms with van der Waals surface area (Å²) in [5.74, 6) is 0. The molecule has 4 nitrogen and oxygen atoms in total. The van der Waals surface area contributed by atoms with Crippen molar-refractivity contribution in [2.24, 2.45) is 5.11 Å². The van der Waals surface area contributed by atoms with Crippen LogP contribution in [0.25, 0.3) is 21.6 Å². The number of aryl methyl sites for hydroxylation is 1. The maximum Gasteiger partial charge on any atom is 0.176 e. The normalized spacial score (nSPS) is 9.25. The van der Waals surface area contributed by atoms with Gasteiger partial charge in [-0.15, -0.1) is 0 Å². The molecule has 0 bridgehead atoms. The highest BCUT2D eigenvalue weighted by molar-refractivity contribution is 5.75. The van der Waals surface area contributed by atoms with Crippen molar-refractivity contribution in [3.05, 3.63) is 71.4 Å².